The molecular formula is C25H26N2O6. The quantitative estimate of drug-likeness (QED) is 0.571. The monoisotopic (exact) mass is 450 g/mol. The summed E-state index contributed by atoms with van der Waals surface area (Å²) in [5.41, 5.74) is 1.23. The SMILES string of the molecule is COc1ccc2c(=O)c3c(oc2c1)C(=O)N(CCN1CCOCC1)C3c1ccccc1OC. The predicted molar refractivity (Wildman–Crippen MR) is 122 cm³/mol. The summed E-state index contributed by atoms with van der Waals surface area (Å²) in [7, 11) is 3.13. The highest BCUT2D eigenvalue weighted by atomic mass is 16.5. The van der Waals surface area contributed by atoms with Gasteiger partial charge in [-0.2, -0.15) is 0 Å². The first-order chi connectivity index (χ1) is 16.1. The topological polar surface area (TPSA) is 81.5 Å². The molecule has 0 radical (unpaired) electrons. The van der Waals surface area contributed by atoms with Crippen LogP contribution in [0.1, 0.15) is 27.7 Å². The Labute approximate surface area is 191 Å². The van der Waals surface area contributed by atoms with Crippen LogP contribution in [0.2, 0.25) is 0 Å². The fraction of sp³-hybridized carbons (Fsp3) is 0.360. The van der Waals surface area contributed by atoms with Crippen LogP contribution in [0, 0.1) is 0 Å². The van der Waals surface area contributed by atoms with Crippen LogP contribution >= 0.6 is 0 Å². The van der Waals surface area contributed by atoms with Crippen LogP contribution in [0.5, 0.6) is 11.5 Å². The maximum Gasteiger partial charge on any atom is 0.290 e. The molecule has 3 heterocycles. The van der Waals surface area contributed by atoms with E-state index < -0.39 is 6.04 Å². The Balaban J connectivity index is 1.63. The van der Waals surface area contributed by atoms with Gasteiger partial charge in [-0.05, 0) is 18.2 Å². The van der Waals surface area contributed by atoms with Crippen molar-refractivity contribution in [3.8, 4) is 11.5 Å². The molecule has 0 N–H and O–H groups in total. The van der Waals surface area contributed by atoms with Crippen LogP contribution in [-0.4, -0.2) is 69.3 Å². The van der Waals surface area contributed by atoms with Crippen LogP contribution in [0.3, 0.4) is 0 Å². The van der Waals surface area contributed by atoms with Gasteiger partial charge in [-0.3, -0.25) is 14.5 Å². The van der Waals surface area contributed by atoms with Crippen LogP contribution in [0.25, 0.3) is 11.0 Å². The first-order valence-corrected chi connectivity index (χ1v) is 11.0. The van der Waals surface area contributed by atoms with Gasteiger partial charge in [0.1, 0.15) is 17.1 Å². The second-order valence-corrected chi connectivity index (χ2v) is 8.13. The third kappa shape index (κ3) is 3.75. The predicted octanol–water partition coefficient (Wildman–Crippen LogP) is 2.69. The summed E-state index contributed by atoms with van der Waals surface area (Å²) >= 11 is 0. The summed E-state index contributed by atoms with van der Waals surface area (Å²) in [5.74, 6) is 0.963. The zero-order valence-corrected chi connectivity index (χ0v) is 18.7. The Morgan fingerprint density at radius 1 is 1.00 bits per heavy atom. The number of hydrogen-bond donors (Lipinski definition) is 0. The lowest BCUT2D eigenvalue weighted by Crippen LogP contribution is -2.42. The molecule has 2 aromatic carbocycles. The molecule has 1 unspecified atom stereocenters. The normalized spacial score (nSPS) is 18.5. The van der Waals surface area contributed by atoms with E-state index in [0.717, 1.165) is 18.7 Å². The van der Waals surface area contributed by atoms with Gasteiger partial charge in [0.15, 0.2) is 5.43 Å². The molecule has 172 valence electrons. The van der Waals surface area contributed by atoms with Gasteiger partial charge in [0.2, 0.25) is 5.76 Å². The van der Waals surface area contributed by atoms with Crippen LogP contribution in [0.15, 0.2) is 51.7 Å². The van der Waals surface area contributed by atoms with Gasteiger partial charge >= 0.3 is 0 Å². The summed E-state index contributed by atoms with van der Waals surface area (Å²) in [6.07, 6.45) is 0. The van der Waals surface area contributed by atoms with Crippen LogP contribution in [-0.2, 0) is 4.74 Å². The van der Waals surface area contributed by atoms with Crippen molar-refractivity contribution in [3.05, 3.63) is 69.6 Å². The molecule has 3 aromatic rings. The van der Waals surface area contributed by atoms with E-state index in [1.165, 1.54) is 0 Å². The van der Waals surface area contributed by atoms with Crippen molar-refractivity contribution in [2.45, 2.75) is 6.04 Å². The highest BCUT2D eigenvalue weighted by Crippen LogP contribution is 2.41. The maximum atomic E-state index is 13.7. The number of nitrogens with zero attached hydrogens (tertiary/aromatic N) is 2. The number of fused-ring (bicyclic) bond motifs is 2. The fourth-order valence-electron chi connectivity index (χ4n) is 4.65. The number of rotatable bonds is 6. The second-order valence-electron chi connectivity index (χ2n) is 8.13. The number of benzene rings is 2. The van der Waals surface area contributed by atoms with Crippen molar-refractivity contribution in [2.24, 2.45) is 0 Å². The number of methoxy groups -OCH3 is 2. The van der Waals surface area contributed by atoms with Crippen LogP contribution < -0.4 is 14.9 Å². The van der Waals surface area contributed by atoms with E-state index in [2.05, 4.69) is 4.90 Å². The van der Waals surface area contributed by atoms with Crippen molar-refractivity contribution >= 4 is 16.9 Å². The largest absolute Gasteiger partial charge is 0.497 e. The fourth-order valence-corrected chi connectivity index (χ4v) is 4.65. The van der Waals surface area contributed by atoms with Gasteiger partial charge in [-0.15, -0.1) is 0 Å². The minimum Gasteiger partial charge on any atom is -0.497 e. The number of para-hydroxylation sites is 1. The molecule has 0 saturated carbocycles. The van der Waals surface area contributed by atoms with Crippen molar-refractivity contribution < 1.29 is 23.4 Å². The van der Waals surface area contributed by atoms with Crippen LogP contribution in [0.4, 0.5) is 0 Å². The molecule has 5 rings (SSSR count). The Kier molecular flexibility index (Phi) is 5.78. The number of carbonyl (C=O) groups excluding carboxylic acids is 1. The number of morpholine rings is 1. The molecule has 1 fully saturated rings. The average Bonchev–Trinajstić information content (AvgIpc) is 3.14. The van der Waals surface area contributed by atoms with Gasteiger partial charge in [0.25, 0.3) is 5.91 Å². The summed E-state index contributed by atoms with van der Waals surface area (Å²) in [6, 6.07) is 11.9. The smallest absolute Gasteiger partial charge is 0.290 e. The third-order valence-electron chi connectivity index (χ3n) is 6.37. The van der Waals surface area contributed by atoms with E-state index in [9.17, 15) is 9.59 Å². The van der Waals surface area contributed by atoms with Gasteiger partial charge in [-0.25, -0.2) is 0 Å². The molecule has 33 heavy (non-hydrogen) atoms. The van der Waals surface area contributed by atoms with E-state index in [4.69, 9.17) is 18.6 Å². The number of amides is 1. The first-order valence-electron chi connectivity index (χ1n) is 11.0. The molecule has 8 nitrogen and oxygen atoms in total. The molecule has 0 bridgehead atoms. The molecule has 2 aliphatic rings. The first kappa shape index (κ1) is 21.5. The molecule has 1 aromatic heterocycles. The van der Waals surface area contributed by atoms with E-state index in [0.29, 0.717) is 54.3 Å². The number of hydrogen-bond acceptors (Lipinski definition) is 7. The average molecular weight is 450 g/mol. The van der Waals surface area contributed by atoms with Crippen molar-refractivity contribution in [1.82, 2.24) is 9.80 Å². The van der Waals surface area contributed by atoms with E-state index in [-0.39, 0.29) is 17.1 Å². The molecule has 2 aliphatic heterocycles. The second kappa shape index (κ2) is 8.88. The Morgan fingerprint density at radius 3 is 2.55 bits per heavy atom. The maximum absolute atomic E-state index is 13.7. The summed E-state index contributed by atoms with van der Waals surface area (Å²) in [4.78, 5) is 31.2. The summed E-state index contributed by atoms with van der Waals surface area (Å²) in [6.45, 7) is 4.11. The lowest BCUT2D eigenvalue weighted by atomic mass is 9.97. The Bertz CT molecular complexity index is 1250. The Morgan fingerprint density at radius 2 is 1.79 bits per heavy atom. The van der Waals surface area contributed by atoms with Crippen molar-refractivity contribution in [1.29, 1.82) is 0 Å². The zero-order chi connectivity index (χ0) is 22.9. The van der Waals surface area contributed by atoms with E-state index >= 15 is 0 Å². The number of carbonyl (C=O) groups is 1. The minimum atomic E-state index is -0.590. The number of ether oxygens (including phenoxy) is 3. The summed E-state index contributed by atoms with van der Waals surface area (Å²) < 4.78 is 22.3. The van der Waals surface area contributed by atoms with Crippen molar-refractivity contribution in [2.75, 3.05) is 53.6 Å². The van der Waals surface area contributed by atoms with Gasteiger partial charge in [0.05, 0.1) is 44.4 Å². The Hall–Kier alpha value is -3.36. The molecule has 0 aliphatic carbocycles. The highest BCUT2D eigenvalue weighted by molar-refractivity contribution is 5.99. The van der Waals surface area contributed by atoms with E-state index in [1.807, 2.05) is 24.3 Å². The third-order valence-corrected chi connectivity index (χ3v) is 6.37. The van der Waals surface area contributed by atoms with E-state index in [1.54, 1.807) is 37.3 Å². The molecule has 1 saturated heterocycles. The molecular weight excluding hydrogens is 424 g/mol. The minimum absolute atomic E-state index is 0.0821. The lowest BCUT2D eigenvalue weighted by Gasteiger charge is -2.31. The molecule has 1 atom stereocenters. The summed E-state index contributed by atoms with van der Waals surface area (Å²) in [5, 5.41) is 0.414. The van der Waals surface area contributed by atoms with Gasteiger partial charge in [0, 0.05) is 37.8 Å². The standard InChI is InChI=1S/C25H26N2O6/c1-30-16-7-8-18-20(15-16)33-24-21(23(18)28)22(17-5-3-4-6-19(17)31-2)27(25(24)29)10-9-26-11-13-32-14-12-26/h3-8,15,22H,9-14H2,1-2H3. The molecule has 1 amide bonds. The van der Waals surface area contributed by atoms with Gasteiger partial charge < -0.3 is 23.5 Å². The zero-order valence-electron chi connectivity index (χ0n) is 18.7. The van der Waals surface area contributed by atoms with Gasteiger partial charge in [-0.1, -0.05) is 18.2 Å². The highest BCUT2D eigenvalue weighted by Gasteiger charge is 2.43. The lowest BCUT2D eigenvalue weighted by molar-refractivity contribution is 0.0314. The molecule has 0 spiro atoms. The van der Waals surface area contributed by atoms with Crippen molar-refractivity contribution in [3.63, 3.8) is 0 Å². The molecule has 8 heteroatoms.